The Labute approximate surface area is 126 Å². The maximum atomic E-state index is 11.6. The van der Waals surface area contributed by atoms with Crippen LogP contribution in [0.1, 0.15) is 11.7 Å². The molecule has 1 saturated heterocycles. The molecule has 2 aromatic rings. The lowest BCUT2D eigenvalue weighted by Gasteiger charge is -2.16. The molecular formula is C16H15N3O3. The number of nitrogen functional groups attached to an aromatic ring is 1. The highest BCUT2D eigenvalue weighted by Gasteiger charge is 2.35. The molecule has 112 valence electrons. The first-order valence-electron chi connectivity index (χ1n) is 6.80. The van der Waals surface area contributed by atoms with Gasteiger partial charge in [0, 0.05) is 5.69 Å². The predicted molar refractivity (Wildman–Crippen MR) is 81.7 cm³/mol. The lowest BCUT2D eigenvalue weighted by molar-refractivity contribution is -0.122. The van der Waals surface area contributed by atoms with Gasteiger partial charge in [-0.05, 0) is 28.8 Å². The van der Waals surface area contributed by atoms with E-state index in [1.165, 1.54) is 0 Å². The van der Waals surface area contributed by atoms with E-state index in [1.54, 1.807) is 12.1 Å². The number of imide groups is 1. The van der Waals surface area contributed by atoms with Crippen molar-refractivity contribution in [1.82, 2.24) is 10.6 Å². The van der Waals surface area contributed by atoms with Crippen LogP contribution in [0.25, 0.3) is 11.1 Å². The van der Waals surface area contributed by atoms with E-state index in [0.717, 1.165) is 11.1 Å². The number of benzene rings is 2. The summed E-state index contributed by atoms with van der Waals surface area (Å²) in [5.41, 5.74) is 8.90. The Kier molecular flexibility index (Phi) is 3.52. The molecule has 2 atom stereocenters. The molecule has 2 unspecified atom stereocenters. The van der Waals surface area contributed by atoms with E-state index in [1.807, 2.05) is 36.4 Å². The largest absolute Gasteiger partial charge is 0.399 e. The van der Waals surface area contributed by atoms with Crippen molar-refractivity contribution in [2.45, 2.75) is 12.1 Å². The van der Waals surface area contributed by atoms with Crippen LogP contribution in [0.5, 0.6) is 0 Å². The fraction of sp³-hybridized carbons (Fsp3) is 0.125. The Bertz CT molecular complexity index is 728. The maximum absolute atomic E-state index is 11.6. The molecule has 5 N–H and O–H groups in total. The van der Waals surface area contributed by atoms with E-state index in [-0.39, 0.29) is 0 Å². The summed E-state index contributed by atoms with van der Waals surface area (Å²) in [5.74, 6) is -0.530. The van der Waals surface area contributed by atoms with Gasteiger partial charge < -0.3 is 16.2 Å². The number of carbonyl (C=O) groups excluding carboxylic acids is 2. The lowest BCUT2D eigenvalue weighted by atomic mass is 9.98. The minimum absolute atomic E-state index is 0.530. The zero-order valence-electron chi connectivity index (χ0n) is 11.6. The van der Waals surface area contributed by atoms with Crippen molar-refractivity contribution in [3.8, 4) is 11.1 Å². The van der Waals surface area contributed by atoms with Crippen LogP contribution in [0.3, 0.4) is 0 Å². The zero-order chi connectivity index (χ0) is 15.7. The van der Waals surface area contributed by atoms with Gasteiger partial charge in [-0.25, -0.2) is 4.79 Å². The van der Waals surface area contributed by atoms with Crippen molar-refractivity contribution in [2.24, 2.45) is 0 Å². The van der Waals surface area contributed by atoms with Crippen molar-refractivity contribution < 1.29 is 14.7 Å². The molecule has 0 aliphatic carbocycles. The fourth-order valence-electron chi connectivity index (χ4n) is 2.44. The molecule has 0 spiro atoms. The quantitative estimate of drug-likeness (QED) is 0.504. The van der Waals surface area contributed by atoms with Crippen LogP contribution < -0.4 is 16.4 Å². The van der Waals surface area contributed by atoms with Gasteiger partial charge in [-0.3, -0.25) is 10.1 Å². The number of rotatable bonds is 3. The Morgan fingerprint density at radius 1 is 1.05 bits per heavy atom. The molecule has 0 bridgehead atoms. The lowest BCUT2D eigenvalue weighted by Crippen LogP contribution is -2.35. The van der Waals surface area contributed by atoms with Crippen LogP contribution in [0.4, 0.5) is 10.5 Å². The van der Waals surface area contributed by atoms with E-state index in [9.17, 15) is 14.7 Å². The third-order valence-electron chi connectivity index (χ3n) is 3.59. The second-order valence-corrected chi connectivity index (χ2v) is 5.13. The third kappa shape index (κ3) is 2.64. The minimum atomic E-state index is -1.10. The second kappa shape index (κ2) is 5.50. The van der Waals surface area contributed by atoms with Crippen LogP contribution in [0.2, 0.25) is 0 Å². The van der Waals surface area contributed by atoms with Gasteiger partial charge in [-0.15, -0.1) is 0 Å². The van der Waals surface area contributed by atoms with Crippen LogP contribution in [0, 0.1) is 0 Å². The van der Waals surface area contributed by atoms with Gasteiger partial charge in [0.05, 0.1) is 0 Å². The van der Waals surface area contributed by atoms with Crippen molar-refractivity contribution in [2.75, 3.05) is 5.73 Å². The van der Waals surface area contributed by atoms with E-state index in [4.69, 9.17) is 5.73 Å². The molecule has 1 aliphatic rings. The smallest absolute Gasteiger partial charge is 0.322 e. The minimum Gasteiger partial charge on any atom is -0.399 e. The van der Waals surface area contributed by atoms with E-state index in [2.05, 4.69) is 10.6 Å². The molecule has 6 nitrogen and oxygen atoms in total. The highest BCUT2D eigenvalue weighted by molar-refractivity contribution is 6.04. The number of carbonyl (C=O) groups is 2. The summed E-state index contributed by atoms with van der Waals surface area (Å²) in [4.78, 5) is 22.7. The number of nitrogens with two attached hydrogens (primary N) is 1. The van der Waals surface area contributed by atoms with Gasteiger partial charge in [0.25, 0.3) is 5.91 Å². The van der Waals surface area contributed by atoms with Crippen LogP contribution in [-0.2, 0) is 4.79 Å². The van der Waals surface area contributed by atoms with Gasteiger partial charge in [0.1, 0.15) is 12.1 Å². The molecular weight excluding hydrogens is 282 g/mol. The first kappa shape index (κ1) is 14.1. The monoisotopic (exact) mass is 297 g/mol. The number of amides is 3. The van der Waals surface area contributed by atoms with Crippen molar-refractivity contribution in [3.05, 3.63) is 54.1 Å². The summed E-state index contributed by atoms with van der Waals surface area (Å²) in [5, 5.41) is 14.7. The van der Waals surface area contributed by atoms with Gasteiger partial charge >= 0.3 is 6.03 Å². The normalized spacial score (nSPS) is 18.7. The number of anilines is 1. The third-order valence-corrected chi connectivity index (χ3v) is 3.59. The molecule has 6 heteroatoms. The fourth-order valence-corrected chi connectivity index (χ4v) is 2.44. The van der Waals surface area contributed by atoms with E-state index >= 15 is 0 Å². The zero-order valence-corrected chi connectivity index (χ0v) is 11.6. The molecule has 3 rings (SSSR count). The molecule has 22 heavy (non-hydrogen) atoms. The summed E-state index contributed by atoms with van der Waals surface area (Å²) in [7, 11) is 0. The van der Waals surface area contributed by atoms with Crippen molar-refractivity contribution >= 4 is 17.6 Å². The summed E-state index contributed by atoms with van der Waals surface area (Å²) >= 11 is 0. The number of urea groups is 1. The highest BCUT2D eigenvalue weighted by atomic mass is 16.3. The Morgan fingerprint density at radius 2 is 1.77 bits per heavy atom. The molecule has 0 saturated carbocycles. The average molecular weight is 297 g/mol. The number of hydrogen-bond donors (Lipinski definition) is 4. The van der Waals surface area contributed by atoms with Gasteiger partial charge in [-0.1, -0.05) is 36.4 Å². The van der Waals surface area contributed by atoms with E-state index < -0.39 is 24.1 Å². The summed E-state index contributed by atoms with van der Waals surface area (Å²) < 4.78 is 0. The standard InChI is InChI=1S/C16H15N3O3/c17-12-3-1-2-11(8-12)9-4-6-10(7-5-9)14(20)13-15(21)19-16(22)18-13/h1-8,13-14,20H,17H2,(H2,18,19,21,22). The predicted octanol–water partition coefficient (Wildman–Crippen LogP) is 1.18. The first-order valence-corrected chi connectivity index (χ1v) is 6.80. The van der Waals surface area contributed by atoms with Crippen molar-refractivity contribution in [3.63, 3.8) is 0 Å². The molecule has 1 aliphatic heterocycles. The summed E-state index contributed by atoms with van der Waals surface area (Å²) in [6.07, 6.45) is -1.10. The van der Waals surface area contributed by atoms with Crippen LogP contribution >= 0.6 is 0 Å². The van der Waals surface area contributed by atoms with E-state index in [0.29, 0.717) is 11.3 Å². The van der Waals surface area contributed by atoms with Crippen LogP contribution in [0.15, 0.2) is 48.5 Å². The summed E-state index contributed by atoms with van der Waals surface area (Å²) in [6, 6.07) is 13.0. The molecule has 1 heterocycles. The number of hydrogen-bond acceptors (Lipinski definition) is 4. The van der Waals surface area contributed by atoms with Gasteiger partial charge in [0.15, 0.2) is 0 Å². The molecule has 1 fully saturated rings. The molecule has 0 aromatic heterocycles. The van der Waals surface area contributed by atoms with Gasteiger partial charge in [-0.2, -0.15) is 0 Å². The Hall–Kier alpha value is -2.86. The topological polar surface area (TPSA) is 104 Å². The number of nitrogens with one attached hydrogen (secondary N) is 2. The van der Waals surface area contributed by atoms with Gasteiger partial charge in [0.2, 0.25) is 0 Å². The highest BCUT2D eigenvalue weighted by Crippen LogP contribution is 2.25. The SMILES string of the molecule is Nc1cccc(-c2ccc(C(O)C3NC(=O)NC3=O)cc2)c1. The summed E-state index contributed by atoms with van der Waals surface area (Å²) in [6.45, 7) is 0. The Morgan fingerprint density at radius 3 is 2.36 bits per heavy atom. The Balaban J connectivity index is 1.82. The first-order chi connectivity index (χ1) is 10.5. The second-order valence-electron chi connectivity index (χ2n) is 5.13. The molecule has 0 radical (unpaired) electrons. The molecule has 2 aromatic carbocycles. The average Bonchev–Trinajstić information content (AvgIpc) is 2.85. The number of aliphatic hydroxyl groups is 1. The number of aliphatic hydroxyl groups excluding tert-OH is 1. The van der Waals surface area contributed by atoms with Crippen molar-refractivity contribution in [1.29, 1.82) is 0 Å². The van der Waals surface area contributed by atoms with Crippen LogP contribution in [-0.4, -0.2) is 23.1 Å². The molecule has 3 amide bonds. The maximum Gasteiger partial charge on any atom is 0.322 e.